The van der Waals surface area contributed by atoms with Crippen LogP contribution in [0.15, 0.2) is 12.3 Å². The van der Waals surface area contributed by atoms with E-state index >= 15 is 0 Å². The minimum Gasteiger partial charge on any atom is -0.380 e. The number of piperidine rings is 1. The molecule has 2 rings (SSSR count). The molecular formula is C14H21F3N4O2. The standard InChI is InChI=1S/C14H21F3N4O2/c1-3-10(2)21-11(4-7-18-21)19-12(22)20-8-5-13(23,6-9-20)14(15,16)17/h4,7,10,23H,3,5-6,8-9H2,1-2H3,(H,19,22). The Morgan fingerprint density at radius 2 is 2.09 bits per heavy atom. The summed E-state index contributed by atoms with van der Waals surface area (Å²) in [5.41, 5.74) is -2.71. The highest BCUT2D eigenvalue weighted by molar-refractivity contribution is 5.88. The molecule has 2 heterocycles. The van der Waals surface area contributed by atoms with Gasteiger partial charge in [0.2, 0.25) is 0 Å². The number of nitrogens with zero attached hydrogens (tertiary/aromatic N) is 3. The number of carbonyl (C=O) groups is 1. The van der Waals surface area contributed by atoms with Crippen LogP contribution in [0.3, 0.4) is 0 Å². The van der Waals surface area contributed by atoms with Crippen LogP contribution in [0.25, 0.3) is 0 Å². The molecule has 0 radical (unpaired) electrons. The van der Waals surface area contributed by atoms with Gasteiger partial charge in [-0.1, -0.05) is 6.92 Å². The number of amides is 2. The summed E-state index contributed by atoms with van der Waals surface area (Å²) in [6.07, 6.45) is -3.33. The van der Waals surface area contributed by atoms with E-state index in [9.17, 15) is 23.1 Å². The van der Waals surface area contributed by atoms with Crippen LogP contribution < -0.4 is 5.32 Å². The Hall–Kier alpha value is -1.77. The van der Waals surface area contributed by atoms with Crippen molar-refractivity contribution >= 4 is 11.8 Å². The molecule has 0 aliphatic carbocycles. The van der Waals surface area contributed by atoms with Crippen LogP contribution in [-0.4, -0.2) is 50.7 Å². The number of likely N-dealkylation sites (tertiary alicyclic amines) is 1. The topological polar surface area (TPSA) is 70.4 Å². The summed E-state index contributed by atoms with van der Waals surface area (Å²) in [4.78, 5) is 13.5. The number of hydrogen-bond donors (Lipinski definition) is 2. The lowest BCUT2D eigenvalue weighted by Gasteiger charge is -2.39. The maximum absolute atomic E-state index is 12.8. The summed E-state index contributed by atoms with van der Waals surface area (Å²) in [5.74, 6) is 0.501. The molecule has 1 fully saturated rings. The molecule has 1 aromatic rings. The first-order valence-electron chi connectivity index (χ1n) is 7.56. The summed E-state index contributed by atoms with van der Waals surface area (Å²) in [7, 11) is 0. The number of aromatic nitrogens is 2. The van der Waals surface area contributed by atoms with Crippen molar-refractivity contribution in [3.8, 4) is 0 Å². The predicted molar refractivity (Wildman–Crippen MR) is 78.1 cm³/mol. The van der Waals surface area contributed by atoms with E-state index in [0.29, 0.717) is 5.82 Å². The second-order valence-electron chi connectivity index (χ2n) is 5.86. The van der Waals surface area contributed by atoms with E-state index in [0.717, 1.165) is 6.42 Å². The first kappa shape index (κ1) is 17.6. The van der Waals surface area contributed by atoms with Gasteiger partial charge in [0.1, 0.15) is 5.82 Å². The van der Waals surface area contributed by atoms with Crippen LogP contribution in [-0.2, 0) is 0 Å². The van der Waals surface area contributed by atoms with Gasteiger partial charge in [0.15, 0.2) is 5.60 Å². The zero-order chi connectivity index (χ0) is 17.3. The lowest BCUT2D eigenvalue weighted by molar-refractivity contribution is -0.271. The highest BCUT2D eigenvalue weighted by Crippen LogP contribution is 2.38. The van der Waals surface area contributed by atoms with Gasteiger partial charge in [-0.15, -0.1) is 0 Å². The van der Waals surface area contributed by atoms with Crippen LogP contribution in [0, 0.1) is 0 Å². The molecule has 1 saturated heterocycles. The van der Waals surface area contributed by atoms with Crippen molar-refractivity contribution in [1.29, 1.82) is 0 Å². The smallest absolute Gasteiger partial charge is 0.380 e. The summed E-state index contributed by atoms with van der Waals surface area (Å²) in [5, 5.41) is 16.4. The average molecular weight is 334 g/mol. The first-order chi connectivity index (χ1) is 10.7. The van der Waals surface area contributed by atoms with E-state index in [2.05, 4.69) is 10.4 Å². The van der Waals surface area contributed by atoms with Gasteiger partial charge in [-0.3, -0.25) is 5.32 Å². The lowest BCUT2D eigenvalue weighted by atomic mass is 9.91. The fraction of sp³-hybridized carbons (Fsp3) is 0.714. The fourth-order valence-electron chi connectivity index (χ4n) is 2.49. The Kier molecular flexibility index (Phi) is 4.88. The Labute approximate surface area is 132 Å². The molecule has 0 bridgehead atoms. The molecule has 2 amide bonds. The predicted octanol–water partition coefficient (Wildman–Crippen LogP) is 2.78. The highest BCUT2D eigenvalue weighted by atomic mass is 19.4. The Balaban J connectivity index is 1.98. The van der Waals surface area contributed by atoms with Crippen LogP contribution >= 0.6 is 0 Å². The summed E-state index contributed by atoms with van der Waals surface area (Å²) < 4.78 is 39.9. The van der Waals surface area contributed by atoms with Gasteiger partial charge in [0, 0.05) is 32.0 Å². The second-order valence-corrected chi connectivity index (χ2v) is 5.86. The quantitative estimate of drug-likeness (QED) is 0.893. The number of aliphatic hydroxyl groups is 1. The molecule has 0 spiro atoms. The highest BCUT2D eigenvalue weighted by Gasteiger charge is 2.54. The Morgan fingerprint density at radius 1 is 1.48 bits per heavy atom. The maximum atomic E-state index is 12.8. The van der Waals surface area contributed by atoms with Gasteiger partial charge in [0.05, 0.1) is 12.2 Å². The van der Waals surface area contributed by atoms with Crippen LogP contribution in [0.1, 0.15) is 39.2 Å². The molecule has 130 valence electrons. The monoisotopic (exact) mass is 334 g/mol. The zero-order valence-corrected chi connectivity index (χ0v) is 13.1. The molecule has 2 N–H and O–H groups in total. The second kappa shape index (κ2) is 6.38. The van der Waals surface area contributed by atoms with Crippen LogP contribution in [0.4, 0.5) is 23.8 Å². The third kappa shape index (κ3) is 3.60. The molecule has 1 aromatic heterocycles. The summed E-state index contributed by atoms with van der Waals surface area (Å²) in [6, 6.07) is 1.25. The zero-order valence-electron chi connectivity index (χ0n) is 13.1. The van der Waals surface area contributed by atoms with E-state index in [1.807, 2.05) is 13.8 Å². The summed E-state index contributed by atoms with van der Waals surface area (Å²) in [6.45, 7) is 3.63. The number of hydrogen-bond acceptors (Lipinski definition) is 3. The molecule has 1 unspecified atom stereocenters. The third-order valence-electron chi connectivity index (χ3n) is 4.32. The van der Waals surface area contributed by atoms with E-state index in [4.69, 9.17) is 0 Å². The van der Waals surface area contributed by atoms with Crippen molar-refractivity contribution in [2.75, 3.05) is 18.4 Å². The largest absolute Gasteiger partial charge is 0.417 e. The van der Waals surface area contributed by atoms with Crippen molar-refractivity contribution in [2.24, 2.45) is 0 Å². The Bertz CT molecular complexity index is 550. The lowest BCUT2D eigenvalue weighted by Crippen LogP contribution is -2.55. The molecule has 1 aliphatic rings. The van der Waals surface area contributed by atoms with Crippen molar-refractivity contribution < 1.29 is 23.1 Å². The number of alkyl halides is 3. The van der Waals surface area contributed by atoms with E-state index < -0.39 is 30.7 Å². The number of rotatable bonds is 3. The van der Waals surface area contributed by atoms with E-state index in [-0.39, 0.29) is 19.1 Å². The van der Waals surface area contributed by atoms with E-state index in [1.165, 1.54) is 4.90 Å². The van der Waals surface area contributed by atoms with Gasteiger partial charge in [-0.2, -0.15) is 18.3 Å². The normalized spacial score (nSPS) is 19.5. The minimum absolute atomic E-state index is 0.0944. The number of halogens is 3. The van der Waals surface area contributed by atoms with Gasteiger partial charge < -0.3 is 10.0 Å². The fourth-order valence-corrected chi connectivity index (χ4v) is 2.49. The van der Waals surface area contributed by atoms with E-state index in [1.54, 1.807) is 16.9 Å². The molecule has 0 saturated carbocycles. The molecule has 6 nitrogen and oxygen atoms in total. The third-order valence-corrected chi connectivity index (χ3v) is 4.32. The molecule has 1 aliphatic heterocycles. The summed E-state index contributed by atoms with van der Waals surface area (Å²) >= 11 is 0. The van der Waals surface area contributed by atoms with Gasteiger partial charge in [0.25, 0.3) is 0 Å². The molecule has 1 atom stereocenters. The number of urea groups is 1. The van der Waals surface area contributed by atoms with Crippen molar-refractivity contribution in [3.63, 3.8) is 0 Å². The minimum atomic E-state index is -4.68. The van der Waals surface area contributed by atoms with Crippen LogP contribution in [0.5, 0.6) is 0 Å². The van der Waals surface area contributed by atoms with Crippen molar-refractivity contribution in [2.45, 2.75) is 50.9 Å². The van der Waals surface area contributed by atoms with Gasteiger partial charge in [-0.25, -0.2) is 9.48 Å². The maximum Gasteiger partial charge on any atom is 0.417 e. The van der Waals surface area contributed by atoms with Gasteiger partial charge >= 0.3 is 12.2 Å². The molecule has 23 heavy (non-hydrogen) atoms. The van der Waals surface area contributed by atoms with Crippen LogP contribution in [0.2, 0.25) is 0 Å². The van der Waals surface area contributed by atoms with Crippen molar-refractivity contribution in [1.82, 2.24) is 14.7 Å². The van der Waals surface area contributed by atoms with Gasteiger partial charge in [-0.05, 0) is 13.3 Å². The first-order valence-corrected chi connectivity index (χ1v) is 7.56. The van der Waals surface area contributed by atoms with Crippen molar-refractivity contribution in [3.05, 3.63) is 12.3 Å². The number of carbonyl (C=O) groups excluding carboxylic acids is 1. The molecule has 0 aromatic carbocycles. The Morgan fingerprint density at radius 3 is 2.61 bits per heavy atom. The molecular weight excluding hydrogens is 313 g/mol. The molecule has 9 heteroatoms. The number of nitrogens with one attached hydrogen (secondary N) is 1. The SMILES string of the molecule is CCC(C)n1nccc1NC(=O)N1CCC(O)(C(F)(F)F)CC1. The number of anilines is 1. The average Bonchev–Trinajstić information content (AvgIpc) is 2.94.